The maximum atomic E-state index is 12.1. The SMILES string of the molecule is CNS(=O)(=O)c1ccc(N(C)C)c(Nc2ncnc3[nH]ccc23)c1. The first-order valence-electron chi connectivity index (χ1n) is 7.22. The Morgan fingerprint density at radius 3 is 2.67 bits per heavy atom. The Hall–Kier alpha value is -2.65. The highest BCUT2D eigenvalue weighted by Crippen LogP contribution is 2.31. The van der Waals surface area contributed by atoms with Gasteiger partial charge in [0.05, 0.1) is 21.7 Å². The zero-order valence-corrected chi connectivity index (χ0v) is 14.3. The first kappa shape index (κ1) is 16.2. The second-order valence-corrected chi connectivity index (χ2v) is 7.25. The van der Waals surface area contributed by atoms with Gasteiger partial charge in [0.25, 0.3) is 0 Å². The van der Waals surface area contributed by atoms with Crippen LogP contribution in [0.2, 0.25) is 0 Å². The molecule has 0 aliphatic rings. The minimum Gasteiger partial charge on any atom is -0.376 e. The molecule has 0 amide bonds. The molecule has 0 saturated carbocycles. The van der Waals surface area contributed by atoms with Crippen molar-refractivity contribution in [2.75, 3.05) is 31.4 Å². The van der Waals surface area contributed by atoms with Crippen molar-refractivity contribution in [1.82, 2.24) is 19.7 Å². The van der Waals surface area contributed by atoms with Crippen molar-refractivity contribution in [1.29, 1.82) is 0 Å². The predicted octanol–water partition coefficient (Wildman–Crippen LogP) is 1.68. The van der Waals surface area contributed by atoms with E-state index in [1.807, 2.05) is 25.1 Å². The number of anilines is 3. The normalized spacial score (nSPS) is 11.6. The fraction of sp³-hybridized carbons (Fsp3) is 0.200. The molecule has 0 unspecified atom stereocenters. The van der Waals surface area contributed by atoms with Crippen molar-refractivity contribution < 1.29 is 8.42 Å². The highest BCUT2D eigenvalue weighted by Gasteiger charge is 2.16. The fourth-order valence-electron chi connectivity index (χ4n) is 2.39. The smallest absolute Gasteiger partial charge is 0.240 e. The number of nitrogens with one attached hydrogen (secondary N) is 3. The van der Waals surface area contributed by atoms with E-state index in [4.69, 9.17) is 0 Å². The number of aromatic nitrogens is 3. The van der Waals surface area contributed by atoms with Crippen LogP contribution in [0.5, 0.6) is 0 Å². The molecular formula is C15H18N6O2S. The molecule has 24 heavy (non-hydrogen) atoms. The predicted molar refractivity (Wildman–Crippen MR) is 94.2 cm³/mol. The molecule has 0 aliphatic carbocycles. The lowest BCUT2D eigenvalue weighted by molar-refractivity contribution is 0.588. The zero-order chi connectivity index (χ0) is 17.3. The van der Waals surface area contributed by atoms with Crippen LogP contribution < -0.4 is 14.9 Å². The fourth-order valence-corrected chi connectivity index (χ4v) is 3.15. The highest BCUT2D eigenvalue weighted by molar-refractivity contribution is 7.89. The van der Waals surface area contributed by atoms with Crippen LogP contribution in [0.1, 0.15) is 0 Å². The first-order valence-corrected chi connectivity index (χ1v) is 8.71. The van der Waals surface area contributed by atoms with E-state index in [2.05, 4.69) is 25.0 Å². The molecule has 2 aromatic heterocycles. The Labute approximate surface area is 140 Å². The van der Waals surface area contributed by atoms with Crippen LogP contribution in [0, 0.1) is 0 Å². The van der Waals surface area contributed by atoms with Crippen LogP contribution in [0.25, 0.3) is 11.0 Å². The summed E-state index contributed by atoms with van der Waals surface area (Å²) in [6, 6.07) is 6.77. The number of nitrogens with zero attached hydrogens (tertiary/aromatic N) is 3. The molecule has 3 N–H and O–H groups in total. The van der Waals surface area contributed by atoms with Gasteiger partial charge in [0, 0.05) is 20.3 Å². The van der Waals surface area contributed by atoms with Crippen LogP contribution in [-0.2, 0) is 10.0 Å². The van der Waals surface area contributed by atoms with Gasteiger partial charge in [-0.3, -0.25) is 0 Å². The second-order valence-electron chi connectivity index (χ2n) is 5.37. The Kier molecular flexibility index (Phi) is 4.12. The molecule has 9 heteroatoms. The van der Waals surface area contributed by atoms with Gasteiger partial charge in [-0.15, -0.1) is 0 Å². The molecule has 126 valence electrons. The number of aromatic amines is 1. The van der Waals surface area contributed by atoms with Crippen molar-refractivity contribution in [2.45, 2.75) is 4.90 Å². The molecule has 0 spiro atoms. The van der Waals surface area contributed by atoms with E-state index in [1.165, 1.54) is 13.4 Å². The maximum absolute atomic E-state index is 12.1. The van der Waals surface area contributed by atoms with Crippen molar-refractivity contribution >= 4 is 38.2 Å². The standard InChI is InChI=1S/C15H18N6O2S/c1-16-24(22,23)10-4-5-13(21(2)3)12(8-10)20-15-11-6-7-17-14(11)18-9-19-15/h4-9,16H,1-3H3,(H2,17,18,19,20). The molecule has 0 bridgehead atoms. The van der Waals surface area contributed by atoms with Crippen molar-refractivity contribution in [3.63, 3.8) is 0 Å². The van der Waals surface area contributed by atoms with Crippen LogP contribution in [0.15, 0.2) is 41.7 Å². The van der Waals surface area contributed by atoms with Crippen LogP contribution in [0.3, 0.4) is 0 Å². The van der Waals surface area contributed by atoms with E-state index in [0.29, 0.717) is 17.2 Å². The number of H-pyrrole nitrogens is 1. The average Bonchev–Trinajstić information content (AvgIpc) is 3.04. The molecule has 0 atom stereocenters. The lowest BCUT2D eigenvalue weighted by Gasteiger charge is -2.19. The molecule has 0 saturated heterocycles. The van der Waals surface area contributed by atoms with E-state index in [-0.39, 0.29) is 4.90 Å². The summed E-state index contributed by atoms with van der Waals surface area (Å²) >= 11 is 0. The quantitative estimate of drug-likeness (QED) is 0.649. The number of sulfonamides is 1. The molecule has 3 aromatic rings. The Morgan fingerprint density at radius 1 is 1.17 bits per heavy atom. The third-order valence-electron chi connectivity index (χ3n) is 3.64. The molecular weight excluding hydrogens is 328 g/mol. The maximum Gasteiger partial charge on any atom is 0.240 e. The van der Waals surface area contributed by atoms with E-state index < -0.39 is 10.0 Å². The minimum atomic E-state index is -3.53. The summed E-state index contributed by atoms with van der Waals surface area (Å²) in [7, 11) is 1.63. The zero-order valence-electron chi connectivity index (χ0n) is 13.5. The summed E-state index contributed by atoms with van der Waals surface area (Å²) in [5, 5.41) is 4.04. The summed E-state index contributed by atoms with van der Waals surface area (Å²) in [5.74, 6) is 0.600. The topological polar surface area (TPSA) is 103 Å². The van der Waals surface area contributed by atoms with Crippen molar-refractivity contribution in [3.05, 3.63) is 36.8 Å². The molecule has 1 aromatic carbocycles. The molecule has 0 aliphatic heterocycles. The molecule has 3 rings (SSSR count). The average molecular weight is 346 g/mol. The number of benzene rings is 1. The van der Waals surface area contributed by atoms with Crippen molar-refractivity contribution in [2.24, 2.45) is 0 Å². The van der Waals surface area contributed by atoms with Gasteiger partial charge in [-0.05, 0) is 31.3 Å². The van der Waals surface area contributed by atoms with E-state index in [1.54, 1.807) is 24.4 Å². The van der Waals surface area contributed by atoms with E-state index >= 15 is 0 Å². The van der Waals surface area contributed by atoms with Crippen LogP contribution in [-0.4, -0.2) is 44.5 Å². The van der Waals surface area contributed by atoms with E-state index in [0.717, 1.165) is 11.1 Å². The number of hydrogen-bond acceptors (Lipinski definition) is 6. The van der Waals surface area contributed by atoms with Gasteiger partial charge >= 0.3 is 0 Å². The summed E-state index contributed by atoms with van der Waals surface area (Å²) in [6.45, 7) is 0. The lowest BCUT2D eigenvalue weighted by Crippen LogP contribution is -2.19. The van der Waals surface area contributed by atoms with Gasteiger partial charge in [0.2, 0.25) is 10.0 Å². The molecule has 8 nitrogen and oxygen atoms in total. The Balaban J connectivity index is 2.11. The van der Waals surface area contributed by atoms with Gasteiger partial charge < -0.3 is 15.2 Å². The third-order valence-corrected chi connectivity index (χ3v) is 5.05. The largest absolute Gasteiger partial charge is 0.376 e. The molecule has 0 fully saturated rings. The van der Waals surface area contributed by atoms with E-state index in [9.17, 15) is 8.42 Å². The lowest BCUT2D eigenvalue weighted by atomic mass is 10.2. The van der Waals surface area contributed by atoms with Crippen LogP contribution >= 0.6 is 0 Å². The van der Waals surface area contributed by atoms with Gasteiger partial charge in [0.1, 0.15) is 17.8 Å². The second kappa shape index (κ2) is 6.10. The number of fused-ring (bicyclic) bond motifs is 1. The minimum absolute atomic E-state index is 0.178. The van der Waals surface area contributed by atoms with Gasteiger partial charge in [-0.2, -0.15) is 0 Å². The van der Waals surface area contributed by atoms with Gasteiger partial charge in [-0.25, -0.2) is 23.1 Å². The van der Waals surface area contributed by atoms with Gasteiger partial charge in [-0.1, -0.05) is 0 Å². The Bertz CT molecular complexity index is 981. The summed E-state index contributed by atoms with van der Waals surface area (Å²) in [6.07, 6.45) is 3.23. The van der Waals surface area contributed by atoms with Crippen molar-refractivity contribution in [3.8, 4) is 0 Å². The Morgan fingerprint density at radius 2 is 1.96 bits per heavy atom. The van der Waals surface area contributed by atoms with Gasteiger partial charge in [0.15, 0.2) is 0 Å². The summed E-state index contributed by atoms with van der Waals surface area (Å²) in [5.41, 5.74) is 2.18. The number of rotatable bonds is 5. The number of hydrogen-bond donors (Lipinski definition) is 3. The summed E-state index contributed by atoms with van der Waals surface area (Å²) < 4.78 is 26.5. The highest BCUT2D eigenvalue weighted by atomic mass is 32.2. The monoisotopic (exact) mass is 346 g/mol. The van der Waals surface area contributed by atoms with Crippen LogP contribution in [0.4, 0.5) is 17.2 Å². The molecule has 0 radical (unpaired) electrons. The summed E-state index contributed by atoms with van der Waals surface area (Å²) in [4.78, 5) is 13.5. The first-order chi connectivity index (χ1) is 11.4. The third kappa shape index (κ3) is 2.91. The molecule has 2 heterocycles.